The van der Waals surface area contributed by atoms with E-state index in [4.69, 9.17) is 5.73 Å². The molecule has 1 fully saturated rings. The summed E-state index contributed by atoms with van der Waals surface area (Å²) >= 11 is 0. The highest BCUT2D eigenvalue weighted by Crippen LogP contribution is 2.33. The molecule has 1 aliphatic carbocycles. The number of hydrogen-bond donors (Lipinski definition) is 1. The third kappa shape index (κ3) is 4.82. The van der Waals surface area contributed by atoms with Gasteiger partial charge in [-0.15, -0.1) is 0 Å². The number of nitrogens with zero attached hydrogens (tertiary/aromatic N) is 1. The Kier molecular flexibility index (Phi) is 5.83. The van der Waals surface area contributed by atoms with Crippen LogP contribution in [0.25, 0.3) is 0 Å². The highest BCUT2D eigenvalue weighted by atomic mass is 15.2. The lowest BCUT2D eigenvalue weighted by Gasteiger charge is -2.35. The second-order valence-corrected chi connectivity index (χ2v) is 7.32. The predicted octanol–water partition coefficient (Wildman–Crippen LogP) is 4.01. The molecular formula is C19H32N2. The van der Waals surface area contributed by atoms with Gasteiger partial charge in [-0.25, -0.2) is 0 Å². The quantitative estimate of drug-likeness (QED) is 0.783. The molecule has 2 nitrogen and oxygen atoms in total. The maximum absolute atomic E-state index is 6.12. The molecule has 1 aliphatic rings. The van der Waals surface area contributed by atoms with Gasteiger partial charge in [0.25, 0.3) is 0 Å². The zero-order valence-electron chi connectivity index (χ0n) is 14.2. The summed E-state index contributed by atoms with van der Waals surface area (Å²) < 4.78 is 0. The molecule has 1 unspecified atom stereocenters. The third-order valence-corrected chi connectivity index (χ3v) is 4.46. The Balaban J connectivity index is 2.10. The summed E-state index contributed by atoms with van der Waals surface area (Å²) in [5.41, 5.74) is 8.92. The molecule has 0 amide bonds. The Hall–Kier alpha value is -0.860. The van der Waals surface area contributed by atoms with Crippen LogP contribution in [0.3, 0.4) is 0 Å². The van der Waals surface area contributed by atoms with Gasteiger partial charge in [-0.3, -0.25) is 4.90 Å². The van der Waals surface area contributed by atoms with Crippen molar-refractivity contribution in [2.24, 2.45) is 17.6 Å². The summed E-state index contributed by atoms with van der Waals surface area (Å²) in [6.45, 7) is 11.0. The van der Waals surface area contributed by atoms with E-state index in [0.717, 1.165) is 12.3 Å². The molecule has 0 radical (unpaired) electrons. The van der Waals surface area contributed by atoms with Crippen LogP contribution in [0, 0.1) is 11.8 Å². The first kappa shape index (κ1) is 16.5. The molecule has 1 aromatic carbocycles. The summed E-state index contributed by atoms with van der Waals surface area (Å²) in [6.07, 6.45) is 3.95. The van der Waals surface area contributed by atoms with Gasteiger partial charge in [-0.1, -0.05) is 38.1 Å². The van der Waals surface area contributed by atoms with Crippen LogP contribution in [0.15, 0.2) is 24.3 Å². The van der Waals surface area contributed by atoms with Gasteiger partial charge in [0, 0.05) is 25.2 Å². The van der Waals surface area contributed by atoms with Crippen LogP contribution in [-0.4, -0.2) is 24.0 Å². The van der Waals surface area contributed by atoms with E-state index in [2.05, 4.69) is 56.9 Å². The molecule has 0 aliphatic heterocycles. The molecule has 0 spiro atoms. The standard InChI is InChI=1S/C19H32N2/c1-14(2)11-16-7-9-18(10-8-16)19(12-20)21(15(3)4)13-17-5-6-17/h7-10,14-15,17,19H,5-6,11-13,20H2,1-4H3. The zero-order valence-corrected chi connectivity index (χ0v) is 14.2. The Morgan fingerprint density at radius 3 is 2.14 bits per heavy atom. The van der Waals surface area contributed by atoms with Crippen molar-refractivity contribution in [1.29, 1.82) is 0 Å². The van der Waals surface area contributed by atoms with Crippen molar-refractivity contribution in [2.45, 2.75) is 59.0 Å². The number of nitrogens with two attached hydrogens (primary N) is 1. The largest absolute Gasteiger partial charge is 0.329 e. The van der Waals surface area contributed by atoms with Crippen molar-refractivity contribution >= 4 is 0 Å². The minimum absolute atomic E-state index is 0.360. The van der Waals surface area contributed by atoms with Gasteiger partial charge >= 0.3 is 0 Å². The van der Waals surface area contributed by atoms with Crippen LogP contribution >= 0.6 is 0 Å². The Morgan fingerprint density at radius 2 is 1.71 bits per heavy atom. The molecule has 1 aromatic rings. The number of benzene rings is 1. The van der Waals surface area contributed by atoms with Crippen molar-refractivity contribution in [2.75, 3.05) is 13.1 Å². The first-order valence-corrected chi connectivity index (χ1v) is 8.56. The highest BCUT2D eigenvalue weighted by molar-refractivity contribution is 5.26. The van der Waals surface area contributed by atoms with Crippen LogP contribution in [-0.2, 0) is 6.42 Å². The fraction of sp³-hybridized carbons (Fsp3) is 0.684. The van der Waals surface area contributed by atoms with Crippen molar-refractivity contribution in [3.8, 4) is 0 Å². The average molecular weight is 288 g/mol. The van der Waals surface area contributed by atoms with E-state index in [1.54, 1.807) is 0 Å². The maximum atomic E-state index is 6.12. The minimum Gasteiger partial charge on any atom is -0.329 e. The van der Waals surface area contributed by atoms with Crippen molar-refractivity contribution in [1.82, 2.24) is 4.90 Å². The van der Waals surface area contributed by atoms with Crippen molar-refractivity contribution < 1.29 is 0 Å². The van der Waals surface area contributed by atoms with Gasteiger partial charge in [0.05, 0.1) is 0 Å². The zero-order chi connectivity index (χ0) is 15.4. The lowest BCUT2D eigenvalue weighted by molar-refractivity contribution is 0.149. The van der Waals surface area contributed by atoms with Gasteiger partial charge in [0.1, 0.15) is 0 Å². The molecule has 1 atom stereocenters. The van der Waals surface area contributed by atoms with Crippen LogP contribution in [0.1, 0.15) is 57.7 Å². The predicted molar refractivity (Wildman–Crippen MR) is 91.3 cm³/mol. The van der Waals surface area contributed by atoms with Crippen molar-refractivity contribution in [3.05, 3.63) is 35.4 Å². The first-order chi connectivity index (χ1) is 10.0. The first-order valence-electron chi connectivity index (χ1n) is 8.56. The average Bonchev–Trinajstić information content (AvgIpc) is 3.23. The Labute approximate surface area is 130 Å². The summed E-state index contributed by atoms with van der Waals surface area (Å²) in [4.78, 5) is 2.59. The summed E-state index contributed by atoms with van der Waals surface area (Å²) in [6, 6.07) is 10.1. The van der Waals surface area contributed by atoms with E-state index >= 15 is 0 Å². The van der Waals surface area contributed by atoms with Crippen LogP contribution in [0.5, 0.6) is 0 Å². The molecule has 0 saturated heterocycles. The van der Waals surface area contributed by atoms with E-state index < -0.39 is 0 Å². The molecule has 118 valence electrons. The SMILES string of the molecule is CC(C)Cc1ccc(C(CN)N(CC2CC2)C(C)C)cc1. The molecule has 21 heavy (non-hydrogen) atoms. The Bertz CT molecular complexity index is 418. The van der Waals surface area contributed by atoms with E-state index in [1.165, 1.54) is 30.5 Å². The lowest BCUT2D eigenvalue weighted by Crippen LogP contribution is -2.40. The van der Waals surface area contributed by atoms with Crippen LogP contribution in [0.2, 0.25) is 0 Å². The molecule has 0 aromatic heterocycles. The summed E-state index contributed by atoms with van der Waals surface area (Å²) in [5, 5.41) is 0. The van der Waals surface area contributed by atoms with Gasteiger partial charge in [-0.05, 0) is 56.1 Å². The maximum Gasteiger partial charge on any atom is 0.0473 e. The third-order valence-electron chi connectivity index (χ3n) is 4.46. The molecule has 2 rings (SSSR count). The van der Waals surface area contributed by atoms with E-state index in [1.807, 2.05) is 0 Å². The van der Waals surface area contributed by atoms with Gasteiger partial charge in [0.15, 0.2) is 0 Å². The molecule has 2 heteroatoms. The second kappa shape index (κ2) is 7.42. The monoisotopic (exact) mass is 288 g/mol. The van der Waals surface area contributed by atoms with Gasteiger partial charge < -0.3 is 5.73 Å². The van der Waals surface area contributed by atoms with E-state index in [-0.39, 0.29) is 0 Å². The van der Waals surface area contributed by atoms with E-state index in [9.17, 15) is 0 Å². The number of rotatable bonds is 8. The molecular weight excluding hydrogens is 256 g/mol. The van der Waals surface area contributed by atoms with E-state index in [0.29, 0.717) is 24.5 Å². The fourth-order valence-corrected chi connectivity index (χ4v) is 3.11. The molecule has 0 heterocycles. The van der Waals surface area contributed by atoms with Crippen LogP contribution in [0.4, 0.5) is 0 Å². The smallest absolute Gasteiger partial charge is 0.0473 e. The van der Waals surface area contributed by atoms with Gasteiger partial charge in [0.2, 0.25) is 0 Å². The second-order valence-electron chi connectivity index (χ2n) is 7.32. The Morgan fingerprint density at radius 1 is 1.10 bits per heavy atom. The topological polar surface area (TPSA) is 29.3 Å². The minimum atomic E-state index is 0.360. The highest BCUT2D eigenvalue weighted by Gasteiger charge is 2.29. The molecule has 0 bridgehead atoms. The van der Waals surface area contributed by atoms with Gasteiger partial charge in [-0.2, -0.15) is 0 Å². The number of hydrogen-bond acceptors (Lipinski definition) is 2. The van der Waals surface area contributed by atoms with Crippen LogP contribution < -0.4 is 5.73 Å². The van der Waals surface area contributed by atoms with Crippen molar-refractivity contribution in [3.63, 3.8) is 0 Å². The molecule has 2 N–H and O–H groups in total. The normalized spacial score (nSPS) is 17.0. The summed E-state index contributed by atoms with van der Waals surface area (Å²) in [5.74, 6) is 1.62. The summed E-state index contributed by atoms with van der Waals surface area (Å²) in [7, 11) is 0. The lowest BCUT2D eigenvalue weighted by atomic mass is 9.98. The fourth-order valence-electron chi connectivity index (χ4n) is 3.11. The molecule has 1 saturated carbocycles.